The van der Waals surface area contributed by atoms with Gasteiger partial charge in [-0.05, 0) is 35.0 Å². The van der Waals surface area contributed by atoms with Crippen LogP contribution in [0.5, 0.6) is 0 Å². The van der Waals surface area contributed by atoms with E-state index in [1.165, 1.54) is 10.8 Å². The number of para-hydroxylation sites is 2. The number of hydrogen-bond acceptors (Lipinski definition) is 3. The van der Waals surface area contributed by atoms with Crippen molar-refractivity contribution in [2.75, 3.05) is 0 Å². The Kier molecular flexibility index (Phi) is 4.46. The van der Waals surface area contributed by atoms with Crippen LogP contribution in [0.2, 0.25) is 0 Å². The van der Waals surface area contributed by atoms with Gasteiger partial charge >= 0.3 is 0 Å². The molecule has 7 rings (SSSR count). The highest BCUT2D eigenvalue weighted by Crippen LogP contribution is 2.37. The van der Waals surface area contributed by atoms with Gasteiger partial charge in [-0.2, -0.15) is 0 Å². The Morgan fingerprint density at radius 2 is 1.23 bits per heavy atom. The molecule has 0 aliphatic heterocycles. The molecule has 0 saturated carbocycles. The highest BCUT2D eigenvalue weighted by atomic mass is 16.3. The van der Waals surface area contributed by atoms with Crippen molar-refractivity contribution in [1.29, 1.82) is 0 Å². The molecule has 3 heteroatoms. The van der Waals surface area contributed by atoms with Gasteiger partial charge in [0.1, 0.15) is 11.2 Å². The largest absolute Gasteiger partial charge is 0.455 e. The molecule has 5 aromatic carbocycles. The quantitative estimate of drug-likeness (QED) is 0.272. The molecule has 0 aliphatic carbocycles. The van der Waals surface area contributed by atoms with Gasteiger partial charge in [-0.1, -0.05) is 97.1 Å². The van der Waals surface area contributed by atoms with Crippen LogP contribution in [0.1, 0.15) is 0 Å². The monoisotopic (exact) mass is 448 g/mol. The van der Waals surface area contributed by atoms with Crippen molar-refractivity contribution in [2.24, 2.45) is 0 Å². The molecule has 2 aromatic heterocycles. The first-order valence-corrected chi connectivity index (χ1v) is 11.7. The zero-order valence-electron chi connectivity index (χ0n) is 18.8. The third-order valence-corrected chi connectivity index (χ3v) is 6.48. The maximum atomic E-state index is 6.33. The molecular formula is C32H20N2O. The van der Waals surface area contributed by atoms with Crippen molar-refractivity contribution in [1.82, 2.24) is 9.97 Å². The molecule has 2 heterocycles. The van der Waals surface area contributed by atoms with Gasteiger partial charge in [0.15, 0.2) is 5.82 Å². The minimum absolute atomic E-state index is 0.695. The predicted molar refractivity (Wildman–Crippen MR) is 143 cm³/mol. The summed E-state index contributed by atoms with van der Waals surface area (Å²) in [4.78, 5) is 10.0. The number of furan rings is 1. The van der Waals surface area contributed by atoms with E-state index in [-0.39, 0.29) is 0 Å². The third-order valence-electron chi connectivity index (χ3n) is 6.48. The van der Waals surface area contributed by atoms with Crippen LogP contribution in [-0.2, 0) is 0 Å². The van der Waals surface area contributed by atoms with E-state index < -0.39 is 0 Å². The molecule has 0 fully saturated rings. The summed E-state index contributed by atoms with van der Waals surface area (Å²) in [6.07, 6.45) is 0. The topological polar surface area (TPSA) is 38.9 Å². The van der Waals surface area contributed by atoms with Crippen molar-refractivity contribution in [2.45, 2.75) is 0 Å². The maximum absolute atomic E-state index is 6.33. The Bertz CT molecular complexity index is 1850. The van der Waals surface area contributed by atoms with Gasteiger partial charge in [0.2, 0.25) is 0 Å². The smallest absolute Gasteiger partial charge is 0.160 e. The Balaban J connectivity index is 1.49. The second-order valence-electron chi connectivity index (χ2n) is 8.67. The van der Waals surface area contributed by atoms with Crippen molar-refractivity contribution < 1.29 is 4.42 Å². The SMILES string of the molecule is c1ccc(-c2cc(-c3cccc4c3oc3ccccc34)nc(-c3ccc4ccccc4c3)n2)cc1. The van der Waals surface area contributed by atoms with E-state index in [0.717, 1.165) is 50.0 Å². The predicted octanol–water partition coefficient (Wildman–Crippen LogP) is 8.53. The standard InChI is InChI=1S/C32H20N2O/c1-2-10-22(11-3-1)28-20-29(27-15-8-14-26-25-13-6-7-16-30(25)35-31(26)27)34-32(33-28)24-18-17-21-9-4-5-12-23(21)19-24/h1-20H. The number of rotatable bonds is 3. The Morgan fingerprint density at radius 1 is 0.486 bits per heavy atom. The van der Waals surface area contributed by atoms with Crippen LogP contribution >= 0.6 is 0 Å². The van der Waals surface area contributed by atoms with E-state index in [1.807, 2.05) is 36.4 Å². The van der Waals surface area contributed by atoms with Gasteiger partial charge in [0.25, 0.3) is 0 Å². The Morgan fingerprint density at radius 3 is 2.14 bits per heavy atom. The van der Waals surface area contributed by atoms with E-state index in [0.29, 0.717) is 5.82 Å². The molecule has 3 nitrogen and oxygen atoms in total. The van der Waals surface area contributed by atoms with Crippen LogP contribution in [0.15, 0.2) is 126 Å². The molecule has 35 heavy (non-hydrogen) atoms. The second kappa shape index (κ2) is 7.93. The van der Waals surface area contributed by atoms with Gasteiger partial charge in [-0.25, -0.2) is 9.97 Å². The summed E-state index contributed by atoms with van der Waals surface area (Å²) in [5.74, 6) is 0.695. The highest BCUT2D eigenvalue weighted by Gasteiger charge is 2.16. The molecular weight excluding hydrogens is 428 g/mol. The summed E-state index contributed by atoms with van der Waals surface area (Å²) < 4.78 is 6.33. The van der Waals surface area contributed by atoms with Gasteiger partial charge in [0, 0.05) is 27.5 Å². The average molecular weight is 449 g/mol. The lowest BCUT2D eigenvalue weighted by Gasteiger charge is -2.10. The molecule has 0 atom stereocenters. The molecule has 0 N–H and O–H groups in total. The number of nitrogens with zero attached hydrogens (tertiary/aromatic N) is 2. The highest BCUT2D eigenvalue weighted by molar-refractivity contribution is 6.09. The summed E-state index contributed by atoms with van der Waals surface area (Å²) in [5.41, 5.74) is 6.44. The van der Waals surface area contributed by atoms with Crippen LogP contribution in [0.25, 0.3) is 66.6 Å². The first kappa shape index (κ1) is 19.7. The maximum Gasteiger partial charge on any atom is 0.160 e. The van der Waals surface area contributed by atoms with Crippen molar-refractivity contribution in [3.8, 4) is 33.9 Å². The van der Waals surface area contributed by atoms with Crippen LogP contribution in [-0.4, -0.2) is 9.97 Å². The minimum atomic E-state index is 0.695. The molecule has 0 unspecified atom stereocenters. The average Bonchev–Trinajstić information content (AvgIpc) is 3.32. The van der Waals surface area contributed by atoms with Crippen molar-refractivity contribution in [3.05, 3.63) is 121 Å². The van der Waals surface area contributed by atoms with E-state index in [9.17, 15) is 0 Å². The Labute approximate surface area is 202 Å². The minimum Gasteiger partial charge on any atom is -0.455 e. The number of fused-ring (bicyclic) bond motifs is 4. The number of hydrogen-bond donors (Lipinski definition) is 0. The zero-order chi connectivity index (χ0) is 23.2. The van der Waals surface area contributed by atoms with Gasteiger partial charge < -0.3 is 4.42 Å². The van der Waals surface area contributed by atoms with E-state index >= 15 is 0 Å². The lowest BCUT2D eigenvalue weighted by Crippen LogP contribution is -1.96. The molecule has 0 saturated heterocycles. The zero-order valence-corrected chi connectivity index (χ0v) is 18.8. The van der Waals surface area contributed by atoms with Crippen LogP contribution in [0.4, 0.5) is 0 Å². The van der Waals surface area contributed by atoms with Gasteiger partial charge in [0.05, 0.1) is 11.4 Å². The summed E-state index contributed by atoms with van der Waals surface area (Å²) in [6.45, 7) is 0. The van der Waals surface area contributed by atoms with Crippen LogP contribution in [0.3, 0.4) is 0 Å². The molecule has 0 bridgehead atoms. The lowest BCUT2D eigenvalue weighted by atomic mass is 10.0. The second-order valence-corrected chi connectivity index (χ2v) is 8.67. The normalized spacial score (nSPS) is 11.4. The van der Waals surface area contributed by atoms with Crippen molar-refractivity contribution in [3.63, 3.8) is 0 Å². The molecule has 164 valence electrons. The molecule has 7 aromatic rings. The lowest BCUT2D eigenvalue weighted by molar-refractivity contribution is 0.670. The summed E-state index contributed by atoms with van der Waals surface area (Å²) in [6, 6.07) is 41.4. The van der Waals surface area contributed by atoms with Gasteiger partial charge in [-0.15, -0.1) is 0 Å². The molecule has 0 spiro atoms. The van der Waals surface area contributed by atoms with E-state index in [1.54, 1.807) is 0 Å². The fourth-order valence-corrected chi connectivity index (χ4v) is 4.75. The first-order valence-electron chi connectivity index (χ1n) is 11.7. The van der Waals surface area contributed by atoms with Crippen LogP contribution < -0.4 is 0 Å². The summed E-state index contributed by atoms with van der Waals surface area (Å²) >= 11 is 0. The summed E-state index contributed by atoms with van der Waals surface area (Å²) in [7, 11) is 0. The number of benzene rings is 5. The molecule has 0 aliphatic rings. The van der Waals surface area contributed by atoms with Crippen LogP contribution in [0, 0.1) is 0 Å². The fourth-order valence-electron chi connectivity index (χ4n) is 4.75. The van der Waals surface area contributed by atoms with Crippen molar-refractivity contribution >= 4 is 32.7 Å². The summed E-state index contributed by atoms with van der Waals surface area (Å²) in [5, 5.41) is 4.56. The Hall–Kier alpha value is -4.76. The van der Waals surface area contributed by atoms with Gasteiger partial charge in [-0.3, -0.25) is 0 Å². The molecule has 0 radical (unpaired) electrons. The fraction of sp³-hybridized carbons (Fsp3) is 0. The molecule has 0 amide bonds. The third kappa shape index (κ3) is 3.37. The first-order chi connectivity index (χ1) is 17.3. The van der Waals surface area contributed by atoms with E-state index in [4.69, 9.17) is 14.4 Å². The number of aromatic nitrogens is 2. The van der Waals surface area contributed by atoms with E-state index in [2.05, 4.69) is 84.9 Å².